The number of thiol groups is 1. The van der Waals surface area contributed by atoms with Gasteiger partial charge >= 0.3 is 0 Å². The molecule has 0 spiro atoms. The van der Waals surface area contributed by atoms with Crippen LogP contribution in [0.1, 0.15) is 150 Å². The van der Waals surface area contributed by atoms with Gasteiger partial charge in [-0.25, -0.2) is 0 Å². The maximum Gasteiger partial charge on any atom is 0.00477 e. The maximum atomic E-state index is 5.08. The molecule has 1 fully saturated rings. The zero-order valence-corrected chi connectivity index (χ0v) is 21.2. The fraction of sp³-hybridized carbons (Fsp3) is 1.00. The molecule has 2 unspecified atom stereocenters. The molecule has 1 rings (SSSR count). The van der Waals surface area contributed by atoms with E-state index in [-0.39, 0.29) is 0 Å². The lowest BCUT2D eigenvalue weighted by Gasteiger charge is -2.48. The summed E-state index contributed by atoms with van der Waals surface area (Å²) in [5.41, 5.74) is 0.952. The van der Waals surface area contributed by atoms with Crippen molar-refractivity contribution in [3.8, 4) is 0 Å². The first kappa shape index (κ1) is 26.4. The SMILES string of the molecule is CCCCCCCCCCCCCC(C)C(S)CC(C)(C)C1(C)CCCCC1. The largest absolute Gasteiger partial charge is 0.176 e. The summed E-state index contributed by atoms with van der Waals surface area (Å²) >= 11 is 5.08. The van der Waals surface area contributed by atoms with Gasteiger partial charge in [-0.1, -0.05) is 125 Å². The van der Waals surface area contributed by atoms with Crippen LogP contribution in [0.2, 0.25) is 0 Å². The monoisotopic (exact) mass is 410 g/mol. The molecule has 0 aromatic rings. The van der Waals surface area contributed by atoms with Crippen molar-refractivity contribution in [1.29, 1.82) is 0 Å². The van der Waals surface area contributed by atoms with Gasteiger partial charge in [0.05, 0.1) is 0 Å². The van der Waals surface area contributed by atoms with E-state index in [0.717, 1.165) is 5.92 Å². The third-order valence-electron chi connectivity index (χ3n) is 8.23. The molecular formula is C27H54S. The Labute approximate surface area is 184 Å². The lowest BCUT2D eigenvalue weighted by molar-refractivity contribution is 0.0328. The van der Waals surface area contributed by atoms with Gasteiger partial charge in [-0.3, -0.25) is 0 Å². The van der Waals surface area contributed by atoms with Crippen LogP contribution in [0.15, 0.2) is 0 Å². The van der Waals surface area contributed by atoms with Crippen LogP contribution in [0.3, 0.4) is 0 Å². The molecule has 1 aliphatic carbocycles. The Hall–Kier alpha value is 0.350. The van der Waals surface area contributed by atoms with E-state index in [1.54, 1.807) is 0 Å². The van der Waals surface area contributed by atoms with E-state index in [4.69, 9.17) is 12.6 Å². The standard InChI is InChI=1S/C27H54S/c1-6-7-8-9-10-11-12-13-14-15-17-20-24(2)25(28)23-26(3,4)27(5)21-18-16-19-22-27/h24-25,28H,6-23H2,1-5H3. The Kier molecular flexibility index (Phi) is 13.5. The predicted molar refractivity (Wildman–Crippen MR) is 133 cm³/mol. The van der Waals surface area contributed by atoms with Gasteiger partial charge < -0.3 is 0 Å². The van der Waals surface area contributed by atoms with Crippen LogP contribution in [-0.2, 0) is 0 Å². The molecule has 0 saturated heterocycles. The molecule has 0 amide bonds. The Morgan fingerprint density at radius 1 is 0.786 bits per heavy atom. The van der Waals surface area contributed by atoms with Crippen LogP contribution in [0, 0.1) is 16.7 Å². The third kappa shape index (κ3) is 9.90. The first-order valence-electron chi connectivity index (χ1n) is 13.0. The van der Waals surface area contributed by atoms with Crippen LogP contribution in [0.25, 0.3) is 0 Å². The highest BCUT2D eigenvalue weighted by molar-refractivity contribution is 7.81. The average Bonchev–Trinajstić information content (AvgIpc) is 2.66. The number of rotatable bonds is 16. The van der Waals surface area contributed by atoms with Gasteiger partial charge in [-0.05, 0) is 42.4 Å². The van der Waals surface area contributed by atoms with Gasteiger partial charge in [0.15, 0.2) is 0 Å². The summed E-state index contributed by atoms with van der Waals surface area (Å²) in [7, 11) is 0. The lowest BCUT2D eigenvalue weighted by Crippen LogP contribution is -2.39. The normalized spacial score (nSPS) is 19.5. The second kappa shape index (κ2) is 14.4. The zero-order valence-electron chi connectivity index (χ0n) is 20.3. The first-order valence-corrected chi connectivity index (χ1v) is 13.5. The fourth-order valence-electron chi connectivity index (χ4n) is 5.30. The Bertz CT molecular complexity index is 366. The smallest absolute Gasteiger partial charge is 0.00477 e. The summed E-state index contributed by atoms with van der Waals surface area (Å²) in [5.74, 6) is 0.758. The van der Waals surface area contributed by atoms with E-state index >= 15 is 0 Å². The van der Waals surface area contributed by atoms with E-state index < -0.39 is 0 Å². The van der Waals surface area contributed by atoms with Crippen molar-refractivity contribution < 1.29 is 0 Å². The van der Waals surface area contributed by atoms with Crippen molar-refractivity contribution >= 4 is 12.6 Å². The summed E-state index contributed by atoms with van der Waals surface area (Å²) in [6.45, 7) is 12.4. The van der Waals surface area contributed by atoms with Gasteiger partial charge in [0.2, 0.25) is 0 Å². The summed E-state index contributed by atoms with van der Waals surface area (Å²) in [5, 5.41) is 0.567. The molecule has 0 heterocycles. The number of hydrogen-bond donors (Lipinski definition) is 1. The summed E-state index contributed by atoms with van der Waals surface area (Å²) < 4.78 is 0. The molecule has 0 N–H and O–H groups in total. The molecule has 0 nitrogen and oxygen atoms in total. The summed E-state index contributed by atoms with van der Waals surface area (Å²) in [6.07, 6.45) is 25.7. The van der Waals surface area contributed by atoms with Crippen molar-refractivity contribution in [2.75, 3.05) is 0 Å². The second-order valence-electron chi connectivity index (χ2n) is 11.1. The third-order valence-corrected chi connectivity index (χ3v) is 8.92. The molecule has 0 radical (unpaired) electrons. The van der Waals surface area contributed by atoms with Crippen molar-refractivity contribution in [2.45, 2.75) is 155 Å². The number of hydrogen-bond acceptors (Lipinski definition) is 1. The van der Waals surface area contributed by atoms with Crippen LogP contribution >= 0.6 is 12.6 Å². The second-order valence-corrected chi connectivity index (χ2v) is 11.7. The average molecular weight is 411 g/mol. The van der Waals surface area contributed by atoms with E-state index in [1.807, 2.05) is 0 Å². The van der Waals surface area contributed by atoms with Crippen LogP contribution < -0.4 is 0 Å². The molecule has 168 valence electrons. The van der Waals surface area contributed by atoms with Gasteiger partial charge in [-0.2, -0.15) is 12.6 Å². The Morgan fingerprint density at radius 2 is 1.25 bits per heavy atom. The highest BCUT2D eigenvalue weighted by Gasteiger charge is 2.42. The van der Waals surface area contributed by atoms with Gasteiger partial charge in [-0.15, -0.1) is 0 Å². The lowest BCUT2D eigenvalue weighted by atomic mass is 9.58. The van der Waals surface area contributed by atoms with Crippen molar-refractivity contribution in [1.82, 2.24) is 0 Å². The van der Waals surface area contributed by atoms with E-state index in [1.165, 1.54) is 116 Å². The Morgan fingerprint density at radius 3 is 1.75 bits per heavy atom. The van der Waals surface area contributed by atoms with Gasteiger partial charge in [0.1, 0.15) is 0 Å². The van der Waals surface area contributed by atoms with Crippen LogP contribution in [0.4, 0.5) is 0 Å². The molecule has 1 aliphatic rings. The first-order chi connectivity index (χ1) is 13.3. The van der Waals surface area contributed by atoms with Crippen molar-refractivity contribution in [2.24, 2.45) is 16.7 Å². The molecule has 28 heavy (non-hydrogen) atoms. The van der Waals surface area contributed by atoms with Gasteiger partial charge in [0, 0.05) is 5.25 Å². The molecule has 0 aromatic heterocycles. The van der Waals surface area contributed by atoms with Gasteiger partial charge in [0.25, 0.3) is 0 Å². The predicted octanol–water partition coefficient (Wildman–Crippen LogP) is 10.0. The minimum absolute atomic E-state index is 0.422. The maximum absolute atomic E-state index is 5.08. The highest BCUT2D eigenvalue weighted by atomic mass is 32.1. The van der Waals surface area contributed by atoms with Crippen molar-refractivity contribution in [3.05, 3.63) is 0 Å². The van der Waals surface area contributed by atoms with Crippen LogP contribution in [-0.4, -0.2) is 5.25 Å². The topological polar surface area (TPSA) is 0 Å². The summed E-state index contributed by atoms with van der Waals surface area (Å²) in [4.78, 5) is 0. The molecular weight excluding hydrogens is 356 g/mol. The minimum atomic E-state index is 0.422. The molecule has 0 bridgehead atoms. The fourth-order valence-corrected chi connectivity index (χ4v) is 5.91. The molecule has 0 aliphatic heterocycles. The molecule has 1 heteroatoms. The summed E-state index contributed by atoms with van der Waals surface area (Å²) in [6, 6.07) is 0. The highest BCUT2D eigenvalue weighted by Crippen LogP contribution is 2.52. The molecule has 1 saturated carbocycles. The van der Waals surface area contributed by atoms with E-state index in [9.17, 15) is 0 Å². The minimum Gasteiger partial charge on any atom is -0.176 e. The van der Waals surface area contributed by atoms with E-state index in [0.29, 0.717) is 16.1 Å². The van der Waals surface area contributed by atoms with E-state index in [2.05, 4.69) is 34.6 Å². The zero-order chi connectivity index (χ0) is 20.9. The number of unbranched alkanes of at least 4 members (excludes halogenated alkanes) is 10. The molecule has 0 aromatic carbocycles. The quantitative estimate of drug-likeness (QED) is 0.190. The van der Waals surface area contributed by atoms with Crippen molar-refractivity contribution in [3.63, 3.8) is 0 Å². The van der Waals surface area contributed by atoms with Crippen LogP contribution in [0.5, 0.6) is 0 Å². The molecule has 2 atom stereocenters. The Balaban J connectivity index is 2.10.